The Morgan fingerprint density at radius 1 is 1.04 bits per heavy atom. The number of hydrogen-bond donors (Lipinski definition) is 1. The lowest BCUT2D eigenvalue weighted by atomic mass is 10.1. The first-order valence-corrected chi connectivity index (χ1v) is 8.77. The Labute approximate surface area is 163 Å². The number of nitrogens with one attached hydrogen (secondary N) is 1. The van der Waals surface area contributed by atoms with Crippen LogP contribution >= 0.6 is 0 Å². The Morgan fingerprint density at radius 2 is 1.86 bits per heavy atom. The van der Waals surface area contributed by atoms with Crippen LogP contribution in [0.4, 0.5) is 0 Å². The van der Waals surface area contributed by atoms with E-state index >= 15 is 0 Å². The summed E-state index contributed by atoms with van der Waals surface area (Å²) in [6.45, 7) is 2.26. The van der Waals surface area contributed by atoms with Crippen LogP contribution in [-0.2, 0) is 6.61 Å². The van der Waals surface area contributed by atoms with E-state index in [2.05, 4.69) is 15.5 Å². The van der Waals surface area contributed by atoms with Crippen molar-refractivity contribution in [2.24, 2.45) is 5.10 Å². The summed E-state index contributed by atoms with van der Waals surface area (Å²) in [6.07, 6.45) is 3.10. The molecular formula is C22H21N3O3. The van der Waals surface area contributed by atoms with E-state index in [4.69, 9.17) is 9.47 Å². The van der Waals surface area contributed by atoms with Crippen molar-refractivity contribution in [3.63, 3.8) is 0 Å². The zero-order chi connectivity index (χ0) is 19.8. The van der Waals surface area contributed by atoms with Gasteiger partial charge < -0.3 is 9.47 Å². The first-order valence-electron chi connectivity index (χ1n) is 8.77. The average molecular weight is 375 g/mol. The highest BCUT2D eigenvalue weighted by molar-refractivity contribution is 6.01. The number of methoxy groups -OCH3 is 1. The molecule has 1 heterocycles. The summed E-state index contributed by atoms with van der Waals surface area (Å²) in [4.78, 5) is 16.0. The number of aromatic nitrogens is 1. The van der Waals surface area contributed by atoms with Gasteiger partial charge in [0.05, 0.1) is 18.4 Å². The molecule has 0 spiro atoms. The van der Waals surface area contributed by atoms with Crippen molar-refractivity contribution in [1.29, 1.82) is 0 Å². The van der Waals surface area contributed by atoms with Crippen molar-refractivity contribution >= 4 is 11.6 Å². The zero-order valence-corrected chi connectivity index (χ0v) is 15.8. The van der Waals surface area contributed by atoms with E-state index in [1.807, 2.05) is 55.5 Å². The van der Waals surface area contributed by atoms with Crippen molar-refractivity contribution in [2.75, 3.05) is 7.11 Å². The summed E-state index contributed by atoms with van der Waals surface area (Å²) >= 11 is 0. The zero-order valence-electron chi connectivity index (χ0n) is 15.8. The molecule has 0 aliphatic carbocycles. The smallest absolute Gasteiger partial charge is 0.272 e. The molecule has 3 aromatic rings. The molecule has 3 rings (SSSR count). The third kappa shape index (κ3) is 4.94. The molecule has 0 bridgehead atoms. The summed E-state index contributed by atoms with van der Waals surface area (Å²) in [5.41, 5.74) is 5.51. The average Bonchev–Trinajstić information content (AvgIpc) is 2.77. The lowest BCUT2D eigenvalue weighted by Gasteiger charge is -2.12. The molecule has 28 heavy (non-hydrogen) atoms. The van der Waals surface area contributed by atoms with Crippen LogP contribution in [0.3, 0.4) is 0 Å². The minimum atomic E-state index is -0.317. The molecule has 0 radical (unpaired) electrons. The van der Waals surface area contributed by atoms with Gasteiger partial charge in [0.1, 0.15) is 6.61 Å². The van der Waals surface area contributed by atoms with Crippen LogP contribution < -0.4 is 14.9 Å². The third-order valence-corrected chi connectivity index (χ3v) is 4.07. The number of amides is 1. The molecule has 0 aliphatic rings. The van der Waals surface area contributed by atoms with E-state index < -0.39 is 0 Å². The van der Waals surface area contributed by atoms with Gasteiger partial charge in [-0.15, -0.1) is 0 Å². The van der Waals surface area contributed by atoms with Crippen molar-refractivity contribution in [3.8, 4) is 11.5 Å². The number of hydrazone groups is 1. The van der Waals surface area contributed by atoms with Gasteiger partial charge in [0.15, 0.2) is 11.5 Å². The second-order valence-electron chi connectivity index (χ2n) is 6.02. The van der Waals surface area contributed by atoms with Gasteiger partial charge in [-0.2, -0.15) is 5.10 Å². The van der Waals surface area contributed by atoms with E-state index in [9.17, 15) is 4.79 Å². The van der Waals surface area contributed by atoms with Gasteiger partial charge >= 0.3 is 0 Å². The normalized spacial score (nSPS) is 11.0. The Hall–Kier alpha value is -3.67. The minimum absolute atomic E-state index is 0.317. The van der Waals surface area contributed by atoms with Crippen molar-refractivity contribution in [1.82, 2.24) is 10.4 Å². The summed E-state index contributed by atoms with van der Waals surface area (Å²) in [5, 5.41) is 4.16. The molecule has 1 amide bonds. The number of carbonyl (C=O) groups excluding carboxylic acids is 1. The Bertz CT molecular complexity index is 957. The monoisotopic (exact) mass is 375 g/mol. The SMILES string of the molecule is COc1cc(C(C)=NNC(=O)c2cccnc2)ccc1OCc1ccccc1. The van der Waals surface area contributed by atoms with Crippen LogP contribution in [0.1, 0.15) is 28.4 Å². The van der Waals surface area contributed by atoms with Crippen LogP contribution in [0.25, 0.3) is 0 Å². The largest absolute Gasteiger partial charge is 0.493 e. The maximum atomic E-state index is 12.1. The maximum Gasteiger partial charge on any atom is 0.272 e. The molecule has 0 saturated carbocycles. The second kappa shape index (κ2) is 9.32. The highest BCUT2D eigenvalue weighted by Gasteiger charge is 2.09. The Kier molecular flexibility index (Phi) is 6.36. The van der Waals surface area contributed by atoms with E-state index in [0.717, 1.165) is 11.1 Å². The summed E-state index contributed by atoms with van der Waals surface area (Å²) in [6, 6.07) is 18.8. The Morgan fingerprint density at radius 3 is 2.57 bits per heavy atom. The molecule has 0 atom stereocenters. The highest BCUT2D eigenvalue weighted by atomic mass is 16.5. The molecule has 1 N–H and O–H groups in total. The summed E-state index contributed by atoms with van der Waals surface area (Å²) in [5.74, 6) is 0.922. The predicted octanol–water partition coefficient (Wildman–Crippen LogP) is 3.82. The van der Waals surface area contributed by atoms with E-state index in [0.29, 0.717) is 29.4 Å². The number of benzene rings is 2. The molecule has 142 valence electrons. The molecule has 0 aliphatic heterocycles. The molecule has 0 unspecified atom stereocenters. The van der Waals surface area contributed by atoms with Crippen molar-refractivity contribution in [3.05, 3.63) is 89.7 Å². The lowest BCUT2D eigenvalue weighted by Crippen LogP contribution is -2.19. The van der Waals surface area contributed by atoms with Gasteiger partial charge in [-0.1, -0.05) is 30.3 Å². The first kappa shape index (κ1) is 19.1. The van der Waals surface area contributed by atoms with E-state index in [1.165, 1.54) is 6.20 Å². The number of hydrogen-bond acceptors (Lipinski definition) is 5. The van der Waals surface area contributed by atoms with Gasteiger partial charge in [-0.05, 0) is 42.8 Å². The molecule has 6 heteroatoms. The number of carbonyl (C=O) groups is 1. The van der Waals surface area contributed by atoms with Crippen LogP contribution in [0, 0.1) is 0 Å². The van der Waals surface area contributed by atoms with E-state index in [1.54, 1.807) is 25.4 Å². The molecule has 6 nitrogen and oxygen atoms in total. The van der Waals surface area contributed by atoms with Crippen LogP contribution in [-0.4, -0.2) is 23.7 Å². The fraction of sp³-hybridized carbons (Fsp3) is 0.136. The molecular weight excluding hydrogens is 354 g/mol. The van der Waals surface area contributed by atoms with Gasteiger partial charge in [-0.3, -0.25) is 9.78 Å². The van der Waals surface area contributed by atoms with Crippen LogP contribution in [0.15, 0.2) is 78.2 Å². The summed E-state index contributed by atoms with van der Waals surface area (Å²) in [7, 11) is 1.59. The molecule has 2 aromatic carbocycles. The number of rotatable bonds is 7. The quantitative estimate of drug-likeness (QED) is 0.503. The van der Waals surface area contributed by atoms with Gasteiger partial charge in [0, 0.05) is 18.0 Å². The minimum Gasteiger partial charge on any atom is -0.493 e. The highest BCUT2D eigenvalue weighted by Crippen LogP contribution is 2.29. The molecule has 0 saturated heterocycles. The maximum absolute atomic E-state index is 12.1. The fourth-order valence-corrected chi connectivity index (χ4v) is 2.51. The van der Waals surface area contributed by atoms with Crippen LogP contribution in [0.2, 0.25) is 0 Å². The molecule has 1 aromatic heterocycles. The topological polar surface area (TPSA) is 72.8 Å². The number of pyridine rings is 1. The predicted molar refractivity (Wildman–Crippen MR) is 108 cm³/mol. The lowest BCUT2D eigenvalue weighted by molar-refractivity contribution is 0.0954. The van der Waals surface area contributed by atoms with Crippen molar-refractivity contribution in [2.45, 2.75) is 13.5 Å². The van der Waals surface area contributed by atoms with Crippen molar-refractivity contribution < 1.29 is 14.3 Å². The fourth-order valence-electron chi connectivity index (χ4n) is 2.51. The number of nitrogens with zero attached hydrogens (tertiary/aromatic N) is 2. The molecule has 0 fully saturated rings. The first-order chi connectivity index (χ1) is 13.7. The second-order valence-corrected chi connectivity index (χ2v) is 6.02. The van der Waals surface area contributed by atoms with Gasteiger partial charge in [-0.25, -0.2) is 5.43 Å². The van der Waals surface area contributed by atoms with Gasteiger partial charge in [0.25, 0.3) is 5.91 Å². The number of ether oxygens (including phenoxy) is 2. The Balaban J connectivity index is 1.69. The summed E-state index contributed by atoms with van der Waals surface area (Å²) < 4.78 is 11.3. The standard InChI is InChI=1S/C22H21N3O3/c1-16(24-25-22(26)19-9-6-12-23-14-19)18-10-11-20(21(13-18)27-2)28-15-17-7-4-3-5-8-17/h3-14H,15H2,1-2H3,(H,25,26). The van der Waals surface area contributed by atoms with Gasteiger partial charge in [0.2, 0.25) is 0 Å². The van der Waals surface area contributed by atoms with E-state index in [-0.39, 0.29) is 5.91 Å². The third-order valence-electron chi connectivity index (χ3n) is 4.07. The van der Waals surface area contributed by atoms with Crippen LogP contribution in [0.5, 0.6) is 11.5 Å².